The molecule has 1 aliphatic carbocycles. The summed E-state index contributed by atoms with van der Waals surface area (Å²) in [4.78, 5) is 14.8. The SMILES string of the molecule is Cc1ccccc1CN(C)C(=O)c1nn(-c2ccc(F)cc2)c2c1CCC2. The number of hydrogen-bond donors (Lipinski definition) is 0. The maximum atomic E-state index is 13.3. The van der Waals surface area contributed by atoms with Gasteiger partial charge in [0, 0.05) is 24.8 Å². The minimum atomic E-state index is -0.281. The van der Waals surface area contributed by atoms with Crippen LogP contribution < -0.4 is 0 Å². The van der Waals surface area contributed by atoms with Crippen molar-refractivity contribution >= 4 is 5.91 Å². The summed E-state index contributed by atoms with van der Waals surface area (Å²) in [5, 5.41) is 4.62. The van der Waals surface area contributed by atoms with E-state index >= 15 is 0 Å². The summed E-state index contributed by atoms with van der Waals surface area (Å²) in [5.41, 5.74) is 5.69. The summed E-state index contributed by atoms with van der Waals surface area (Å²) in [7, 11) is 1.81. The zero-order valence-corrected chi connectivity index (χ0v) is 15.6. The van der Waals surface area contributed by atoms with Gasteiger partial charge in [0.05, 0.1) is 5.69 Å². The Morgan fingerprint density at radius 1 is 1.15 bits per heavy atom. The smallest absolute Gasteiger partial charge is 0.274 e. The molecule has 0 aliphatic heterocycles. The Labute approximate surface area is 158 Å². The van der Waals surface area contributed by atoms with Gasteiger partial charge in [-0.15, -0.1) is 0 Å². The number of aromatic nitrogens is 2. The fourth-order valence-corrected chi connectivity index (χ4v) is 3.70. The molecule has 4 rings (SSSR count). The second-order valence-electron chi connectivity index (χ2n) is 7.10. The van der Waals surface area contributed by atoms with E-state index in [2.05, 4.69) is 18.1 Å². The summed E-state index contributed by atoms with van der Waals surface area (Å²) < 4.78 is 15.1. The van der Waals surface area contributed by atoms with Gasteiger partial charge in [-0.25, -0.2) is 9.07 Å². The Balaban J connectivity index is 1.65. The number of halogens is 1. The Morgan fingerprint density at radius 2 is 1.89 bits per heavy atom. The average molecular weight is 363 g/mol. The summed E-state index contributed by atoms with van der Waals surface area (Å²) in [5.74, 6) is -0.353. The zero-order valence-electron chi connectivity index (χ0n) is 15.6. The van der Waals surface area contributed by atoms with Gasteiger partial charge in [0.2, 0.25) is 0 Å². The van der Waals surface area contributed by atoms with Crippen molar-refractivity contribution in [1.82, 2.24) is 14.7 Å². The Morgan fingerprint density at radius 3 is 2.63 bits per heavy atom. The number of aryl methyl sites for hydroxylation is 1. The molecule has 1 heterocycles. The topological polar surface area (TPSA) is 38.1 Å². The molecule has 1 aromatic heterocycles. The van der Waals surface area contributed by atoms with Crippen LogP contribution in [0.2, 0.25) is 0 Å². The molecule has 0 atom stereocenters. The normalized spacial score (nSPS) is 12.9. The number of amides is 1. The monoisotopic (exact) mass is 363 g/mol. The third kappa shape index (κ3) is 3.25. The van der Waals surface area contributed by atoms with Gasteiger partial charge < -0.3 is 4.90 Å². The van der Waals surface area contributed by atoms with E-state index in [1.807, 2.05) is 25.2 Å². The highest BCUT2D eigenvalue weighted by atomic mass is 19.1. The van der Waals surface area contributed by atoms with Crippen LogP contribution in [0.5, 0.6) is 0 Å². The van der Waals surface area contributed by atoms with Crippen LogP contribution in [0.1, 0.15) is 39.3 Å². The highest BCUT2D eigenvalue weighted by Gasteiger charge is 2.28. The molecule has 5 heteroatoms. The molecule has 0 spiro atoms. The minimum Gasteiger partial charge on any atom is -0.336 e. The predicted molar refractivity (Wildman–Crippen MR) is 103 cm³/mol. The van der Waals surface area contributed by atoms with Crippen molar-refractivity contribution in [1.29, 1.82) is 0 Å². The van der Waals surface area contributed by atoms with Crippen LogP contribution in [0, 0.1) is 12.7 Å². The molecule has 138 valence electrons. The van der Waals surface area contributed by atoms with E-state index in [0.29, 0.717) is 12.2 Å². The predicted octanol–water partition coefficient (Wildman–Crippen LogP) is 4.08. The summed E-state index contributed by atoms with van der Waals surface area (Å²) >= 11 is 0. The largest absolute Gasteiger partial charge is 0.336 e. The lowest BCUT2D eigenvalue weighted by molar-refractivity contribution is 0.0777. The molecule has 1 amide bonds. The summed E-state index contributed by atoms with van der Waals surface area (Å²) in [6, 6.07) is 14.3. The zero-order chi connectivity index (χ0) is 19.0. The van der Waals surface area contributed by atoms with E-state index in [1.165, 1.54) is 17.7 Å². The molecule has 3 aromatic rings. The molecule has 0 N–H and O–H groups in total. The average Bonchev–Trinajstić information content (AvgIpc) is 3.26. The maximum Gasteiger partial charge on any atom is 0.274 e. The lowest BCUT2D eigenvalue weighted by Gasteiger charge is -2.18. The lowest BCUT2D eigenvalue weighted by atomic mass is 10.1. The minimum absolute atomic E-state index is 0.0720. The quantitative estimate of drug-likeness (QED) is 0.700. The van der Waals surface area contributed by atoms with Gasteiger partial charge in [0.15, 0.2) is 5.69 Å². The van der Waals surface area contributed by atoms with Crippen LogP contribution in [0.15, 0.2) is 48.5 Å². The Kier molecular flexibility index (Phi) is 4.52. The Hall–Kier alpha value is -2.95. The number of carbonyl (C=O) groups excluding carboxylic acids is 1. The molecule has 27 heavy (non-hydrogen) atoms. The molecule has 0 saturated heterocycles. The third-order valence-electron chi connectivity index (χ3n) is 5.22. The number of benzene rings is 2. The standard InChI is InChI=1S/C22H22FN3O/c1-15-6-3-4-7-16(15)14-25(2)22(27)21-19-8-5-9-20(19)26(24-21)18-12-10-17(23)11-13-18/h3-4,6-7,10-13H,5,8-9,14H2,1-2H3. The number of hydrogen-bond acceptors (Lipinski definition) is 2. The highest BCUT2D eigenvalue weighted by molar-refractivity contribution is 5.94. The van der Waals surface area contributed by atoms with Crippen LogP contribution in [0.25, 0.3) is 5.69 Å². The van der Waals surface area contributed by atoms with Gasteiger partial charge in [-0.05, 0) is 61.6 Å². The van der Waals surface area contributed by atoms with Crippen molar-refractivity contribution in [2.24, 2.45) is 0 Å². The molecule has 0 saturated carbocycles. The number of carbonyl (C=O) groups is 1. The highest BCUT2D eigenvalue weighted by Crippen LogP contribution is 2.28. The first-order valence-corrected chi connectivity index (χ1v) is 9.21. The van der Waals surface area contributed by atoms with Crippen molar-refractivity contribution in [2.75, 3.05) is 7.05 Å². The second-order valence-corrected chi connectivity index (χ2v) is 7.10. The van der Waals surface area contributed by atoms with Crippen LogP contribution in [-0.4, -0.2) is 27.6 Å². The van der Waals surface area contributed by atoms with Crippen molar-refractivity contribution in [3.8, 4) is 5.69 Å². The van der Waals surface area contributed by atoms with Crippen molar-refractivity contribution in [3.05, 3.63) is 82.4 Å². The fraction of sp³-hybridized carbons (Fsp3) is 0.273. The third-order valence-corrected chi connectivity index (χ3v) is 5.22. The van der Waals surface area contributed by atoms with Gasteiger partial charge >= 0.3 is 0 Å². The number of rotatable bonds is 4. The van der Waals surface area contributed by atoms with Crippen molar-refractivity contribution in [2.45, 2.75) is 32.7 Å². The van der Waals surface area contributed by atoms with Crippen LogP contribution in [0.3, 0.4) is 0 Å². The van der Waals surface area contributed by atoms with E-state index in [4.69, 9.17) is 0 Å². The van der Waals surface area contributed by atoms with Crippen LogP contribution >= 0.6 is 0 Å². The second kappa shape index (κ2) is 6.99. The molecule has 1 aliphatic rings. The van der Waals surface area contributed by atoms with E-state index in [0.717, 1.165) is 41.8 Å². The molecule has 0 radical (unpaired) electrons. The van der Waals surface area contributed by atoms with E-state index in [1.54, 1.807) is 21.7 Å². The lowest BCUT2D eigenvalue weighted by Crippen LogP contribution is -2.27. The van der Waals surface area contributed by atoms with E-state index in [-0.39, 0.29) is 11.7 Å². The van der Waals surface area contributed by atoms with E-state index in [9.17, 15) is 9.18 Å². The first-order chi connectivity index (χ1) is 13.0. The fourth-order valence-electron chi connectivity index (χ4n) is 3.70. The van der Waals surface area contributed by atoms with Crippen LogP contribution in [-0.2, 0) is 19.4 Å². The Bertz CT molecular complexity index is 991. The van der Waals surface area contributed by atoms with Gasteiger partial charge in [0.1, 0.15) is 5.82 Å². The van der Waals surface area contributed by atoms with Crippen LogP contribution in [0.4, 0.5) is 4.39 Å². The first-order valence-electron chi connectivity index (χ1n) is 9.21. The van der Waals surface area contributed by atoms with E-state index < -0.39 is 0 Å². The molecular formula is C22H22FN3O. The molecule has 0 bridgehead atoms. The first kappa shape index (κ1) is 17.5. The molecule has 0 unspecified atom stereocenters. The molecule has 0 fully saturated rings. The molecule has 4 nitrogen and oxygen atoms in total. The number of nitrogens with zero attached hydrogens (tertiary/aromatic N) is 3. The van der Waals surface area contributed by atoms with Gasteiger partial charge in [-0.2, -0.15) is 5.10 Å². The summed E-state index contributed by atoms with van der Waals surface area (Å²) in [6.45, 7) is 2.60. The van der Waals surface area contributed by atoms with Crippen molar-refractivity contribution < 1.29 is 9.18 Å². The van der Waals surface area contributed by atoms with Crippen molar-refractivity contribution in [3.63, 3.8) is 0 Å². The molecule has 2 aromatic carbocycles. The summed E-state index contributed by atoms with van der Waals surface area (Å²) in [6.07, 6.45) is 2.75. The molecular weight excluding hydrogens is 341 g/mol. The maximum absolute atomic E-state index is 13.3. The van der Waals surface area contributed by atoms with Gasteiger partial charge in [0.25, 0.3) is 5.91 Å². The van der Waals surface area contributed by atoms with Gasteiger partial charge in [-0.1, -0.05) is 24.3 Å². The number of fused-ring (bicyclic) bond motifs is 1. The van der Waals surface area contributed by atoms with Gasteiger partial charge in [-0.3, -0.25) is 4.79 Å².